The number of ether oxygens (including phenoxy) is 1. The zero-order valence-electron chi connectivity index (χ0n) is 20.3. The Morgan fingerprint density at radius 1 is 1.09 bits per heavy atom. The second-order valence-electron chi connectivity index (χ2n) is 9.97. The number of fused-ring (bicyclic) bond motifs is 1. The molecule has 2 amide bonds. The summed E-state index contributed by atoms with van der Waals surface area (Å²) >= 11 is 0. The zero-order valence-corrected chi connectivity index (χ0v) is 20.3. The van der Waals surface area contributed by atoms with Crippen LogP contribution in [0.3, 0.4) is 0 Å². The maximum absolute atomic E-state index is 13.7. The normalized spacial score (nSPS) is 20.9. The van der Waals surface area contributed by atoms with E-state index < -0.39 is 6.10 Å². The average Bonchev–Trinajstić information content (AvgIpc) is 3.59. The maximum Gasteiger partial charge on any atom is 0.260 e. The summed E-state index contributed by atoms with van der Waals surface area (Å²) in [5.74, 6) is 0.429. The molecule has 2 heterocycles. The Hall–Kier alpha value is -2.93. The van der Waals surface area contributed by atoms with Crippen LogP contribution in [-0.4, -0.2) is 60.4 Å². The molecule has 0 radical (unpaired) electrons. The van der Waals surface area contributed by atoms with E-state index in [4.69, 9.17) is 4.74 Å². The number of carbonyl (C=O) groups excluding carboxylic acids is 2. The van der Waals surface area contributed by atoms with Gasteiger partial charge < -0.3 is 19.9 Å². The third kappa shape index (κ3) is 5.50. The van der Waals surface area contributed by atoms with Crippen LogP contribution in [0, 0.1) is 11.7 Å². The molecule has 2 aromatic carbocycles. The van der Waals surface area contributed by atoms with Crippen molar-refractivity contribution in [2.45, 2.75) is 51.2 Å². The molecule has 0 spiro atoms. The van der Waals surface area contributed by atoms with Crippen molar-refractivity contribution in [3.8, 4) is 5.75 Å². The Bertz CT molecular complexity index is 1060. The van der Waals surface area contributed by atoms with Crippen LogP contribution < -0.4 is 10.1 Å². The quantitative estimate of drug-likeness (QED) is 0.627. The second kappa shape index (κ2) is 10.4. The van der Waals surface area contributed by atoms with E-state index in [0.29, 0.717) is 18.8 Å². The molecule has 2 atom stereocenters. The molecule has 1 saturated carbocycles. The largest absolute Gasteiger partial charge is 0.481 e. The highest BCUT2D eigenvalue weighted by Gasteiger charge is 2.39. The van der Waals surface area contributed by atoms with Crippen molar-refractivity contribution in [2.75, 3.05) is 32.7 Å². The van der Waals surface area contributed by atoms with Crippen LogP contribution in [0.2, 0.25) is 0 Å². The van der Waals surface area contributed by atoms with Crippen LogP contribution >= 0.6 is 0 Å². The van der Waals surface area contributed by atoms with E-state index >= 15 is 0 Å². The molecule has 186 valence electrons. The molecule has 1 saturated heterocycles. The summed E-state index contributed by atoms with van der Waals surface area (Å²) in [5, 5.41) is 2.98. The van der Waals surface area contributed by atoms with Crippen molar-refractivity contribution < 1.29 is 18.7 Å². The van der Waals surface area contributed by atoms with Gasteiger partial charge in [0.25, 0.3) is 5.91 Å². The minimum Gasteiger partial charge on any atom is -0.481 e. The van der Waals surface area contributed by atoms with Gasteiger partial charge in [-0.3, -0.25) is 9.59 Å². The fourth-order valence-corrected chi connectivity index (χ4v) is 5.22. The highest BCUT2D eigenvalue weighted by molar-refractivity contribution is 5.82. The van der Waals surface area contributed by atoms with Gasteiger partial charge in [-0.25, -0.2) is 4.39 Å². The van der Waals surface area contributed by atoms with Crippen LogP contribution in [0.5, 0.6) is 5.75 Å². The van der Waals surface area contributed by atoms with Crippen LogP contribution in [0.25, 0.3) is 0 Å². The van der Waals surface area contributed by atoms with E-state index in [1.807, 2.05) is 23.1 Å². The van der Waals surface area contributed by atoms with Gasteiger partial charge in [0.15, 0.2) is 6.10 Å². The lowest BCUT2D eigenvalue weighted by Gasteiger charge is -2.38. The van der Waals surface area contributed by atoms with E-state index in [9.17, 15) is 14.0 Å². The second-order valence-corrected chi connectivity index (χ2v) is 9.97. The number of hydrogen-bond donors (Lipinski definition) is 1. The summed E-state index contributed by atoms with van der Waals surface area (Å²) in [4.78, 5) is 30.0. The number of halogens is 1. The number of amides is 2. The molecule has 5 rings (SSSR count). The predicted octanol–water partition coefficient (Wildman–Crippen LogP) is 3.69. The topological polar surface area (TPSA) is 61.9 Å². The molecule has 2 aromatic rings. The van der Waals surface area contributed by atoms with Crippen molar-refractivity contribution >= 4 is 11.8 Å². The lowest BCUT2D eigenvalue weighted by atomic mass is 9.87. The van der Waals surface area contributed by atoms with E-state index in [1.54, 1.807) is 19.1 Å². The lowest BCUT2D eigenvalue weighted by molar-refractivity contribution is -0.134. The predicted molar refractivity (Wildman–Crippen MR) is 132 cm³/mol. The summed E-state index contributed by atoms with van der Waals surface area (Å²) in [6.07, 6.45) is 4.46. The highest BCUT2D eigenvalue weighted by atomic mass is 19.1. The molecule has 2 fully saturated rings. The Kier molecular flexibility index (Phi) is 7.04. The number of benzene rings is 2. The first-order valence-electron chi connectivity index (χ1n) is 12.8. The summed E-state index contributed by atoms with van der Waals surface area (Å²) < 4.78 is 19.7. The number of nitrogens with zero attached hydrogens (tertiary/aromatic N) is 2. The molecule has 35 heavy (non-hydrogen) atoms. The molecule has 1 N–H and O–H groups in total. The third-order valence-corrected chi connectivity index (χ3v) is 7.35. The number of hydrogen-bond acceptors (Lipinski definition) is 4. The summed E-state index contributed by atoms with van der Waals surface area (Å²) in [6.45, 7) is 6.08. The SMILES string of the molecule is C[C@@H](Oc1ccc2c(c1)[C@@H](c1ccc(F)cc1)N(C(=O)C1CC1)CC2)C(=O)NCCN1CCCC1. The molecule has 0 unspecified atom stereocenters. The average molecular weight is 480 g/mol. The summed E-state index contributed by atoms with van der Waals surface area (Å²) in [7, 11) is 0. The van der Waals surface area contributed by atoms with Crippen LogP contribution in [0.15, 0.2) is 42.5 Å². The van der Waals surface area contributed by atoms with Gasteiger partial charge in [0, 0.05) is 25.6 Å². The van der Waals surface area contributed by atoms with Gasteiger partial charge in [-0.2, -0.15) is 0 Å². The Balaban J connectivity index is 1.32. The van der Waals surface area contributed by atoms with Gasteiger partial charge in [0.1, 0.15) is 11.6 Å². The van der Waals surface area contributed by atoms with Crippen molar-refractivity contribution in [1.29, 1.82) is 0 Å². The van der Waals surface area contributed by atoms with Gasteiger partial charge in [0.2, 0.25) is 5.91 Å². The van der Waals surface area contributed by atoms with Gasteiger partial charge in [0.05, 0.1) is 6.04 Å². The van der Waals surface area contributed by atoms with Crippen molar-refractivity contribution in [1.82, 2.24) is 15.1 Å². The Morgan fingerprint density at radius 3 is 2.54 bits per heavy atom. The molecule has 3 aliphatic rings. The minimum atomic E-state index is -0.635. The van der Waals surface area contributed by atoms with E-state index in [0.717, 1.165) is 55.6 Å². The van der Waals surface area contributed by atoms with Gasteiger partial charge in [-0.1, -0.05) is 18.2 Å². The molecule has 0 aromatic heterocycles. The number of nitrogens with one attached hydrogen (secondary N) is 1. The lowest BCUT2D eigenvalue weighted by Crippen LogP contribution is -2.41. The molecule has 7 heteroatoms. The Labute approximate surface area is 206 Å². The molecular formula is C28H34FN3O3. The first kappa shape index (κ1) is 23.8. The zero-order chi connectivity index (χ0) is 24.4. The summed E-state index contributed by atoms with van der Waals surface area (Å²) in [5.41, 5.74) is 3.01. The molecular weight excluding hydrogens is 445 g/mol. The maximum atomic E-state index is 13.7. The van der Waals surface area contributed by atoms with E-state index in [2.05, 4.69) is 10.2 Å². The molecule has 6 nitrogen and oxygen atoms in total. The third-order valence-electron chi connectivity index (χ3n) is 7.35. The number of rotatable bonds is 8. The molecule has 0 bridgehead atoms. The van der Waals surface area contributed by atoms with Crippen molar-refractivity contribution in [3.63, 3.8) is 0 Å². The first-order chi connectivity index (χ1) is 17.0. The smallest absolute Gasteiger partial charge is 0.260 e. The fraction of sp³-hybridized carbons (Fsp3) is 0.500. The fourth-order valence-electron chi connectivity index (χ4n) is 5.22. The van der Waals surface area contributed by atoms with Crippen molar-refractivity contribution in [3.05, 3.63) is 65.0 Å². The van der Waals surface area contributed by atoms with E-state index in [-0.39, 0.29) is 29.6 Å². The highest BCUT2D eigenvalue weighted by Crippen LogP contribution is 2.41. The monoisotopic (exact) mass is 479 g/mol. The Morgan fingerprint density at radius 2 is 1.83 bits per heavy atom. The van der Waals surface area contributed by atoms with E-state index in [1.165, 1.54) is 25.0 Å². The minimum absolute atomic E-state index is 0.100. The van der Waals surface area contributed by atoms with Crippen LogP contribution in [0.1, 0.15) is 55.3 Å². The van der Waals surface area contributed by atoms with Gasteiger partial charge in [-0.15, -0.1) is 0 Å². The standard InChI is InChI=1S/C28H34FN3O3/c1-19(27(33)30-13-17-31-14-2-3-15-31)35-24-11-8-20-12-16-32(28(34)22-4-5-22)26(25(20)18-24)21-6-9-23(29)10-7-21/h6-11,18-19,22,26H,2-5,12-17H2,1H3,(H,30,33)/t19-,26-/m1/s1. The van der Waals surface area contributed by atoms with Crippen molar-refractivity contribution in [2.24, 2.45) is 5.92 Å². The molecule has 1 aliphatic carbocycles. The molecule has 2 aliphatic heterocycles. The van der Waals surface area contributed by atoms with Crippen LogP contribution in [-0.2, 0) is 16.0 Å². The van der Waals surface area contributed by atoms with Crippen LogP contribution in [0.4, 0.5) is 4.39 Å². The van der Waals surface area contributed by atoms with Gasteiger partial charge >= 0.3 is 0 Å². The first-order valence-corrected chi connectivity index (χ1v) is 12.8. The van der Waals surface area contributed by atoms with Gasteiger partial charge in [-0.05, 0) is 93.1 Å². The summed E-state index contributed by atoms with van der Waals surface area (Å²) in [6, 6.07) is 12.0. The number of likely N-dealkylation sites (tertiary alicyclic amines) is 1. The number of carbonyl (C=O) groups is 2.